The van der Waals surface area contributed by atoms with Gasteiger partial charge in [0.25, 0.3) is 0 Å². The molecule has 0 aromatic heterocycles. The normalized spacial score (nSPS) is 11.4. The van der Waals surface area contributed by atoms with Crippen LogP contribution in [-0.2, 0) is 0 Å². The van der Waals surface area contributed by atoms with Crippen LogP contribution in [0.4, 0.5) is 11.4 Å². The van der Waals surface area contributed by atoms with Gasteiger partial charge in [0.2, 0.25) is 0 Å². The Balaban J connectivity index is 1.87. The molecule has 0 heterocycles. The van der Waals surface area contributed by atoms with Gasteiger partial charge in [-0.15, -0.1) is 0 Å². The molecule has 5 nitrogen and oxygen atoms in total. The molecule has 0 fully saturated rings. The molecule has 24 heavy (non-hydrogen) atoms. The maximum Gasteiger partial charge on any atom is 0.0784 e. The predicted molar refractivity (Wildman–Crippen MR) is 104 cm³/mol. The van der Waals surface area contributed by atoms with Gasteiger partial charge in [0.1, 0.15) is 0 Å². The summed E-state index contributed by atoms with van der Waals surface area (Å²) in [4.78, 5) is 8.40. The minimum atomic E-state index is 0.246. The molecule has 0 aliphatic rings. The van der Waals surface area contributed by atoms with Crippen LogP contribution in [0.25, 0.3) is 0 Å². The molecule has 0 saturated heterocycles. The predicted octanol–water partition coefficient (Wildman–Crippen LogP) is 3.72. The Labute approximate surface area is 150 Å². The van der Waals surface area contributed by atoms with Gasteiger partial charge >= 0.3 is 0 Å². The first-order chi connectivity index (χ1) is 11.5. The summed E-state index contributed by atoms with van der Waals surface area (Å²) in [5.74, 6) is 0. The highest BCUT2D eigenvalue weighted by molar-refractivity contribution is 6.31. The number of nitrogens with two attached hydrogens (primary N) is 2. The van der Waals surface area contributed by atoms with Crippen LogP contribution in [0.5, 0.6) is 0 Å². The molecular formula is C17H17Cl2N5. The van der Waals surface area contributed by atoms with E-state index in [-0.39, 0.29) is 13.1 Å². The van der Waals surface area contributed by atoms with E-state index < -0.39 is 0 Å². The van der Waals surface area contributed by atoms with E-state index in [1.54, 1.807) is 48.8 Å². The van der Waals surface area contributed by atoms with Gasteiger partial charge < -0.3 is 16.9 Å². The van der Waals surface area contributed by atoms with Crippen LogP contribution in [0.1, 0.15) is 11.1 Å². The van der Waals surface area contributed by atoms with E-state index in [0.717, 1.165) is 11.1 Å². The largest absolute Gasteiger partial charge is 0.398 e. The lowest BCUT2D eigenvalue weighted by Gasteiger charge is -2.01. The standard InChI is InChI=1S/C17H17Cl2N5/c18-13-3-1-11(16(21)5-13)7-23-9-15(20)10-24-8-12-2-4-14(19)6-17(12)22/h1-8,20H,9-10,21-22H2. The van der Waals surface area contributed by atoms with E-state index in [2.05, 4.69) is 9.98 Å². The summed E-state index contributed by atoms with van der Waals surface area (Å²) in [6, 6.07) is 10.4. The Hall–Kier alpha value is -2.37. The number of nitrogen functional groups attached to an aromatic ring is 2. The average molecular weight is 362 g/mol. The topological polar surface area (TPSA) is 101 Å². The molecule has 0 amide bonds. The van der Waals surface area contributed by atoms with E-state index in [9.17, 15) is 0 Å². The van der Waals surface area contributed by atoms with Crippen molar-refractivity contribution < 1.29 is 0 Å². The van der Waals surface area contributed by atoms with E-state index in [1.165, 1.54) is 0 Å². The zero-order valence-electron chi connectivity index (χ0n) is 12.8. The molecule has 0 spiro atoms. The first-order valence-corrected chi connectivity index (χ1v) is 7.87. The molecule has 124 valence electrons. The summed E-state index contributed by atoms with van der Waals surface area (Å²) < 4.78 is 0. The molecule has 2 aromatic carbocycles. The van der Waals surface area contributed by atoms with E-state index >= 15 is 0 Å². The molecule has 0 unspecified atom stereocenters. The van der Waals surface area contributed by atoms with Crippen molar-refractivity contribution in [3.8, 4) is 0 Å². The van der Waals surface area contributed by atoms with Crippen LogP contribution in [-0.4, -0.2) is 31.2 Å². The fourth-order valence-electron chi connectivity index (χ4n) is 1.88. The molecule has 2 rings (SSSR count). The Morgan fingerprint density at radius 1 is 0.875 bits per heavy atom. The number of rotatable bonds is 6. The first-order valence-electron chi connectivity index (χ1n) is 7.11. The van der Waals surface area contributed by atoms with Crippen LogP contribution in [0.15, 0.2) is 46.4 Å². The molecular weight excluding hydrogens is 345 g/mol. The third kappa shape index (κ3) is 5.37. The highest BCUT2D eigenvalue weighted by Gasteiger charge is 1.99. The fraction of sp³-hybridized carbons (Fsp3) is 0.118. The van der Waals surface area contributed by atoms with Crippen molar-refractivity contribution in [2.24, 2.45) is 9.98 Å². The molecule has 0 aliphatic heterocycles. The number of hydrogen-bond donors (Lipinski definition) is 3. The number of aliphatic imine (C=N–C) groups is 2. The lowest BCUT2D eigenvalue weighted by Crippen LogP contribution is -2.06. The van der Waals surface area contributed by atoms with Gasteiger partial charge in [0, 0.05) is 45.0 Å². The van der Waals surface area contributed by atoms with Crippen LogP contribution in [0.3, 0.4) is 0 Å². The van der Waals surface area contributed by atoms with Crippen molar-refractivity contribution in [1.29, 1.82) is 5.41 Å². The van der Waals surface area contributed by atoms with Gasteiger partial charge in [0.15, 0.2) is 0 Å². The van der Waals surface area contributed by atoms with E-state index in [0.29, 0.717) is 27.1 Å². The zero-order valence-corrected chi connectivity index (χ0v) is 14.3. The van der Waals surface area contributed by atoms with Crippen LogP contribution in [0.2, 0.25) is 10.0 Å². The summed E-state index contributed by atoms with van der Waals surface area (Å²) >= 11 is 11.7. The van der Waals surface area contributed by atoms with Gasteiger partial charge in [0.05, 0.1) is 18.8 Å². The van der Waals surface area contributed by atoms with Gasteiger partial charge in [-0.2, -0.15) is 0 Å². The molecule has 0 aliphatic carbocycles. The Morgan fingerprint density at radius 2 is 1.29 bits per heavy atom. The van der Waals surface area contributed by atoms with E-state index in [4.69, 9.17) is 40.1 Å². The van der Waals surface area contributed by atoms with Crippen molar-refractivity contribution in [3.63, 3.8) is 0 Å². The van der Waals surface area contributed by atoms with Crippen molar-refractivity contribution in [2.45, 2.75) is 0 Å². The average Bonchev–Trinajstić information content (AvgIpc) is 2.51. The lowest BCUT2D eigenvalue weighted by molar-refractivity contribution is 1.17. The van der Waals surface area contributed by atoms with Crippen LogP contribution >= 0.6 is 23.2 Å². The second-order valence-electron chi connectivity index (χ2n) is 5.09. The molecule has 0 saturated carbocycles. The number of hydrogen-bond acceptors (Lipinski definition) is 5. The Bertz CT molecular complexity index is 734. The number of nitrogens with zero attached hydrogens (tertiary/aromatic N) is 2. The summed E-state index contributed by atoms with van der Waals surface area (Å²) in [6.45, 7) is 0.491. The minimum absolute atomic E-state index is 0.246. The lowest BCUT2D eigenvalue weighted by atomic mass is 10.2. The highest BCUT2D eigenvalue weighted by atomic mass is 35.5. The summed E-state index contributed by atoms with van der Waals surface area (Å²) in [5, 5.41) is 9.02. The molecule has 0 atom stereocenters. The van der Waals surface area contributed by atoms with Gasteiger partial charge in [-0.05, 0) is 36.4 Å². The second-order valence-corrected chi connectivity index (χ2v) is 5.96. The molecule has 2 aromatic rings. The minimum Gasteiger partial charge on any atom is -0.398 e. The van der Waals surface area contributed by atoms with Crippen molar-refractivity contribution in [2.75, 3.05) is 24.6 Å². The Kier molecular flexibility index (Phi) is 6.35. The maximum absolute atomic E-state index is 7.86. The number of halogens is 2. The third-order valence-electron chi connectivity index (χ3n) is 3.12. The first kappa shape index (κ1) is 18.0. The quantitative estimate of drug-likeness (QED) is 0.539. The monoisotopic (exact) mass is 361 g/mol. The molecule has 0 bridgehead atoms. The molecule has 7 heteroatoms. The zero-order chi connectivity index (χ0) is 17.5. The number of benzene rings is 2. The van der Waals surface area contributed by atoms with Crippen molar-refractivity contribution >= 4 is 52.7 Å². The summed E-state index contributed by atoms with van der Waals surface area (Å²) in [5.41, 5.74) is 14.7. The molecule has 0 radical (unpaired) electrons. The van der Waals surface area contributed by atoms with Gasteiger partial charge in [-0.1, -0.05) is 23.2 Å². The number of anilines is 2. The molecule has 5 N–H and O–H groups in total. The van der Waals surface area contributed by atoms with Crippen molar-refractivity contribution in [3.05, 3.63) is 57.6 Å². The number of nitrogens with one attached hydrogen (secondary N) is 1. The third-order valence-corrected chi connectivity index (χ3v) is 3.59. The van der Waals surface area contributed by atoms with Gasteiger partial charge in [-0.25, -0.2) is 0 Å². The van der Waals surface area contributed by atoms with Crippen LogP contribution < -0.4 is 11.5 Å². The highest BCUT2D eigenvalue weighted by Crippen LogP contribution is 2.17. The van der Waals surface area contributed by atoms with E-state index in [1.807, 2.05) is 0 Å². The van der Waals surface area contributed by atoms with Crippen molar-refractivity contribution in [1.82, 2.24) is 0 Å². The second kappa shape index (κ2) is 8.47. The Morgan fingerprint density at radius 3 is 1.67 bits per heavy atom. The summed E-state index contributed by atoms with van der Waals surface area (Å²) in [7, 11) is 0. The fourth-order valence-corrected chi connectivity index (χ4v) is 2.25. The van der Waals surface area contributed by atoms with Gasteiger partial charge in [-0.3, -0.25) is 9.98 Å². The maximum atomic E-state index is 7.86. The summed E-state index contributed by atoms with van der Waals surface area (Å²) in [6.07, 6.45) is 3.25. The van der Waals surface area contributed by atoms with Crippen LogP contribution in [0, 0.1) is 5.41 Å². The smallest absolute Gasteiger partial charge is 0.0784 e. The SMILES string of the molecule is N=C(CN=Cc1ccc(Cl)cc1N)CN=Cc1ccc(Cl)cc1N.